The molecule has 0 aliphatic rings. The summed E-state index contributed by atoms with van der Waals surface area (Å²) in [5.74, 6) is -0.410. The van der Waals surface area contributed by atoms with Gasteiger partial charge in [-0.15, -0.1) is 0 Å². The molecule has 102 valence electrons. The molecule has 0 radical (unpaired) electrons. The van der Waals surface area contributed by atoms with Gasteiger partial charge in [-0.1, -0.05) is 20.1 Å². The van der Waals surface area contributed by atoms with Crippen molar-refractivity contribution < 1.29 is 19.1 Å². The number of hydrogen-bond acceptors (Lipinski definition) is 4. The summed E-state index contributed by atoms with van der Waals surface area (Å²) in [6.07, 6.45) is 1.48. The fourth-order valence-corrected chi connectivity index (χ4v) is 1.10. The van der Waals surface area contributed by atoms with Crippen LogP contribution in [0.4, 0.5) is 0 Å². The van der Waals surface area contributed by atoms with Gasteiger partial charge in [-0.25, -0.2) is 9.59 Å². The Morgan fingerprint density at radius 2 is 1.28 bits per heavy atom. The molecule has 0 unspecified atom stereocenters. The van der Waals surface area contributed by atoms with E-state index in [-0.39, 0.29) is 11.9 Å². The number of carbonyl (C=O) groups excluding carboxylic acids is 2. The topological polar surface area (TPSA) is 52.6 Å². The molecule has 0 aromatic carbocycles. The van der Waals surface area contributed by atoms with Crippen LogP contribution < -0.4 is 0 Å². The Morgan fingerprint density at radius 3 is 1.56 bits per heavy atom. The van der Waals surface area contributed by atoms with Gasteiger partial charge in [0.15, 0.2) is 0 Å². The van der Waals surface area contributed by atoms with Crippen LogP contribution in [-0.4, -0.2) is 25.2 Å². The van der Waals surface area contributed by atoms with Crippen LogP contribution >= 0.6 is 0 Å². The molecule has 0 aliphatic heterocycles. The molecule has 0 heterocycles. The number of hydrogen-bond donors (Lipinski definition) is 0. The molecule has 0 saturated carbocycles. The van der Waals surface area contributed by atoms with Gasteiger partial charge in [-0.2, -0.15) is 0 Å². The molecule has 0 bridgehead atoms. The van der Waals surface area contributed by atoms with E-state index >= 15 is 0 Å². The van der Waals surface area contributed by atoms with E-state index in [4.69, 9.17) is 9.47 Å². The highest BCUT2D eigenvalue weighted by molar-refractivity contribution is 5.87. The van der Waals surface area contributed by atoms with Gasteiger partial charge >= 0.3 is 11.9 Å². The van der Waals surface area contributed by atoms with Gasteiger partial charge in [0.05, 0.1) is 13.2 Å². The first kappa shape index (κ1) is 16.4. The molecule has 4 nitrogen and oxygen atoms in total. The predicted molar refractivity (Wildman–Crippen MR) is 69.9 cm³/mol. The molecule has 0 N–H and O–H groups in total. The molecule has 0 rings (SSSR count). The lowest BCUT2D eigenvalue weighted by Gasteiger charge is -2.12. The summed E-state index contributed by atoms with van der Waals surface area (Å²) in [4.78, 5) is 22.2. The Hall–Kier alpha value is -1.58. The maximum Gasteiger partial charge on any atom is 0.333 e. The van der Waals surface area contributed by atoms with E-state index in [0.717, 1.165) is 12.8 Å². The Bertz CT molecular complexity index is 299. The summed E-state index contributed by atoms with van der Waals surface area (Å²) in [5, 5.41) is 0. The Balaban J connectivity index is 3.63. The largest absolute Gasteiger partial charge is 0.462 e. The van der Waals surface area contributed by atoms with E-state index in [1.807, 2.05) is 6.92 Å². The standard InChI is InChI=1S/C14H22O4/c1-10(2)13(15)17-8-6-12(5)7-9-18-14(16)11(3)4/h12H,1,3,6-9H2,2,4-5H3. The van der Waals surface area contributed by atoms with Crippen LogP contribution in [0.1, 0.15) is 33.6 Å². The van der Waals surface area contributed by atoms with Crippen LogP contribution in [0.2, 0.25) is 0 Å². The fourth-order valence-electron chi connectivity index (χ4n) is 1.10. The van der Waals surface area contributed by atoms with Crippen LogP contribution in [0.5, 0.6) is 0 Å². The Kier molecular flexibility index (Phi) is 7.76. The molecule has 0 atom stereocenters. The minimum atomic E-state index is -0.365. The van der Waals surface area contributed by atoms with Crippen molar-refractivity contribution in [2.75, 3.05) is 13.2 Å². The molecule has 18 heavy (non-hydrogen) atoms. The smallest absolute Gasteiger partial charge is 0.333 e. The van der Waals surface area contributed by atoms with Crippen LogP contribution in [-0.2, 0) is 19.1 Å². The average Bonchev–Trinajstić information content (AvgIpc) is 2.28. The molecule has 0 saturated heterocycles. The molecule has 0 amide bonds. The molecular formula is C14H22O4. The SMILES string of the molecule is C=C(C)C(=O)OCCC(C)CCOC(=O)C(=C)C. The first-order chi connectivity index (χ1) is 8.34. The third kappa shape index (κ3) is 7.65. The summed E-state index contributed by atoms with van der Waals surface area (Å²) < 4.78 is 9.96. The molecule has 0 fully saturated rings. The van der Waals surface area contributed by atoms with Gasteiger partial charge < -0.3 is 9.47 Å². The van der Waals surface area contributed by atoms with Crippen LogP contribution in [0, 0.1) is 5.92 Å². The second kappa shape index (κ2) is 8.50. The number of rotatable bonds is 8. The second-order valence-electron chi connectivity index (χ2n) is 4.52. The monoisotopic (exact) mass is 254 g/mol. The lowest BCUT2D eigenvalue weighted by Crippen LogP contribution is -2.12. The molecule has 0 spiro atoms. The zero-order valence-corrected chi connectivity index (χ0v) is 11.5. The minimum absolute atomic E-state index is 0.320. The predicted octanol–water partition coefficient (Wildman–Crippen LogP) is 2.64. The third-order valence-corrected chi connectivity index (χ3v) is 2.38. The Morgan fingerprint density at radius 1 is 0.944 bits per heavy atom. The second-order valence-corrected chi connectivity index (χ2v) is 4.52. The van der Waals surface area contributed by atoms with Crippen molar-refractivity contribution in [2.45, 2.75) is 33.6 Å². The average molecular weight is 254 g/mol. The lowest BCUT2D eigenvalue weighted by atomic mass is 10.1. The summed E-state index contributed by atoms with van der Waals surface area (Å²) in [6.45, 7) is 13.0. The van der Waals surface area contributed by atoms with Crippen molar-refractivity contribution >= 4 is 11.9 Å². The lowest BCUT2D eigenvalue weighted by molar-refractivity contribution is -0.139. The van der Waals surface area contributed by atoms with Gasteiger partial charge in [-0.3, -0.25) is 0 Å². The van der Waals surface area contributed by atoms with Crippen molar-refractivity contribution in [2.24, 2.45) is 5.92 Å². The molecule has 0 aromatic rings. The summed E-state index contributed by atoms with van der Waals surface area (Å²) in [6, 6.07) is 0. The first-order valence-electron chi connectivity index (χ1n) is 5.99. The molecule has 0 aromatic heterocycles. The van der Waals surface area contributed by atoms with E-state index in [2.05, 4.69) is 13.2 Å². The summed E-state index contributed by atoms with van der Waals surface area (Å²) >= 11 is 0. The normalized spacial score (nSPS) is 10.0. The van der Waals surface area contributed by atoms with E-state index in [9.17, 15) is 9.59 Å². The third-order valence-electron chi connectivity index (χ3n) is 2.38. The summed E-state index contributed by atoms with van der Waals surface area (Å²) in [7, 11) is 0. The number of esters is 2. The van der Waals surface area contributed by atoms with Gasteiger partial charge in [0.25, 0.3) is 0 Å². The van der Waals surface area contributed by atoms with Crippen molar-refractivity contribution in [3.05, 3.63) is 24.3 Å². The molecule has 4 heteroatoms. The summed E-state index contributed by atoms with van der Waals surface area (Å²) in [5.41, 5.74) is 0.802. The van der Waals surface area contributed by atoms with Gasteiger partial charge in [0.1, 0.15) is 0 Å². The maximum absolute atomic E-state index is 11.1. The van der Waals surface area contributed by atoms with Crippen LogP contribution in [0.3, 0.4) is 0 Å². The van der Waals surface area contributed by atoms with Crippen molar-refractivity contribution in [3.63, 3.8) is 0 Å². The number of ether oxygens (including phenoxy) is 2. The van der Waals surface area contributed by atoms with E-state index < -0.39 is 0 Å². The molecular weight excluding hydrogens is 232 g/mol. The molecule has 0 aliphatic carbocycles. The maximum atomic E-state index is 11.1. The van der Waals surface area contributed by atoms with Crippen LogP contribution in [0.25, 0.3) is 0 Å². The van der Waals surface area contributed by atoms with Crippen LogP contribution in [0.15, 0.2) is 24.3 Å². The first-order valence-corrected chi connectivity index (χ1v) is 5.99. The highest BCUT2D eigenvalue weighted by atomic mass is 16.5. The zero-order valence-electron chi connectivity index (χ0n) is 11.5. The van der Waals surface area contributed by atoms with E-state index in [1.165, 1.54) is 0 Å². The highest BCUT2D eigenvalue weighted by Crippen LogP contribution is 2.09. The quantitative estimate of drug-likeness (QED) is 0.493. The van der Waals surface area contributed by atoms with Crippen molar-refractivity contribution in [1.29, 1.82) is 0 Å². The van der Waals surface area contributed by atoms with Gasteiger partial charge in [0, 0.05) is 11.1 Å². The number of carbonyl (C=O) groups is 2. The zero-order chi connectivity index (χ0) is 14.1. The van der Waals surface area contributed by atoms with Gasteiger partial charge in [-0.05, 0) is 32.6 Å². The minimum Gasteiger partial charge on any atom is -0.462 e. The highest BCUT2D eigenvalue weighted by Gasteiger charge is 2.08. The van der Waals surface area contributed by atoms with E-state index in [0.29, 0.717) is 30.3 Å². The fraction of sp³-hybridized carbons (Fsp3) is 0.571. The Labute approximate surface area is 109 Å². The van der Waals surface area contributed by atoms with Crippen molar-refractivity contribution in [3.8, 4) is 0 Å². The van der Waals surface area contributed by atoms with E-state index in [1.54, 1.807) is 13.8 Å². The van der Waals surface area contributed by atoms with Crippen molar-refractivity contribution in [1.82, 2.24) is 0 Å². The van der Waals surface area contributed by atoms with Gasteiger partial charge in [0.2, 0.25) is 0 Å².